The number of allylic oxidation sites excluding steroid dienone is 1. The summed E-state index contributed by atoms with van der Waals surface area (Å²) in [7, 11) is 0. The molecule has 2 aliphatic heterocycles. The van der Waals surface area contributed by atoms with E-state index in [4.69, 9.17) is 10.7 Å². The Morgan fingerprint density at radius 3 is 3.04 bits per heavy atom. The predicted octanol–water partition coefficient (Wildman–Crippen LogP) is 2.13. The minimum absolute atomic E-state index is 0.0527. The first-order valence-corrected chi connectivity index (χ1v) is 8.77. The highest BCUT2D eigenvalue weighted by Gasteiger charge is 2.48. The van der Waals surface area contributed by atoms with Gasteiger partial charge < -0.3 is 16.0 Å². The van der Waals surface area contributed by atoms with Crippen molar-refractivity contribution in [1.29, 1.82) is 0 Å². The van der Waals surface area contributed by atoms with Crippen molar-refractivity contribution >= 4 is 5.91 Å². The fraction of sp³-hybridized carbons (Fsp3) is 0.250. The Balaban J connectivity index is 1.68. The van der Waals surface area contributed by atoms with Gasteiger partial charge in [-0.25, -0.2) is 0 Å². The summed E-state index contributed by atoms with van der Waals surface area (Å²) in [6, 6.07) is 8.14. The van der Waals surface area contributed by atoms with Gasteiger partial charge in [-0.1, -0.05) is 18.2 Å². The molecule has 3 atom stereocenters. The molecule has 130 valence electrons. The number of aryl methyl sites for hydroxylation is 1. The second-order valence-electron chi connectivity index (χ2n) is 7.01. The molecular formula is C20H19N5O. The number of hydrogen-bond donors (Lipinski definition) is 2. The Hall–Kier alpha value is -3.15. The number of amides is 1. The molecule has 4 heterocycles. The quantitative estimate of drug-likeness (QED) is 0.890. The third-order valence-electron chi connectivity index (χ3n) is 5.44. The average Bonchev–Trinajstić information content (AvgIpc) is 3.33. The number of rotatable bonds is 3. The van der Waals surface area contributed by atoms with E-state index in [9.17, 15) is 4.79 Å². The Kier molecular flexibility index (Phi) is 3.16. The number of pyridine rings is 2. The van der Waals surface area contributed by atoms with E-state index in [1.54, 1.807) is 12.4 Å². The van der Waals surface area contributed by atoms with Crippen LogP contribution in [0.5, 0.6) is 0 Å². The maximum absolute atomic E-state index is 12.0. The van der Waals surface area contributed by atoms with Crippen molar-refractivity contribution in [2.45, 2.75) is 31.5 Å². The smallest absolute Gasteiger partial charge is 0.250 e. The summed E-state index contributed by atoms with van der Waals surface area (Å²) in [6.07, 6.45) is 8.70. The zero-order valence-electron chi connectivity index (χ0n) is 14.4. The summed E-state index contributed by atoms with van der Waals surface area (Å²) in [6.45, 7) is 1.99. The van der Waals surface area contributed by atoms with E-state index in [0.717, 1.165) is 29.2 Å². The molecule has 0 saturated carbocycles. The number of carbonyl (C=O) groups excluding carboxylic acids is 1. The molecule has 3 N–H and O–H groups in total. The van der Waals surface area contributed by atoms with Gasteiger partial charge in [0.25, 0.3) is 5.91 Å². The SMILES string of the molecule is Cc1cccc(C2NC3=C4C=CC(C4)N3C2c2ccncc2C(N)=O)n1. The van der Waals surface area contributed by atoms with Gasteiger partial charge in [-0.2, -0.15) is 0 Å². The molecule has 1 aliphatic carbocycles. The largest absolute Gasteiger partial charge is 0.366 e. The second-order valence-corrected chi connectivity index (χ2v) is 7.01. The van der Waals surface area contributed by atoms with E-state index in [1.165, 1.54) is 5.57 Å². The molecule has 2 aromatic heterocycles. The van der Waals surface area contributed by atoms with E-state index in [2.05, 4.69) is 27.4 Å². The summed E-state index contributed by atoms with van der Waals surface area (Å²) in [5.41, 5.74) is 10.2. The van der Waals surface area contributed by atoms with Gasteiger partial charge in [0.1, 0.15) is 5.82 Å². The number of fused-ring (bicyclic) bond motifs is 4. The van der Waals surface area contributed by atoms with Gasteiger partial charge >= 0.3 is 0 Å². The molecule has 26 heavy (non-hydrogen) atoms. The summed E-state index contributed by atoms with van der Waals surface area (Å²) in [5.74, 6) is 0.688. The van der Waals surface area contributed by atoms with Crippen LogP contribution in [0.3, 0.4) is 0 Å². The summed E-state index contributed by atoms with van der Waals surface area (Å²) >= 11 is 0. The van der Waals surface area contributed by atoms with Crippen LogP contribution >= 0.6 is 0 Å². The topological polar surface area (TPSA) is 84.1 Å². The lowest BCUT2D eigenvalue weighted by Gasteiger charge is -2.31. The van der Waals surface area contributed by atoms with Gasteiger partial charge in [-0.05, 0) is 42.7 Å². The molecular weight excluding hydrogens is 326 g/mol. The van der Waals surface area contributed by atoms with Crippen LogP contribution in [-0.4, -0.2) is 26.8 Å². The zero-order valence-corrected chi connectivity index (χ0v) is 14.4. The molecule has 0 radical (unpaired) electrons. The number of hydrogen-bond acceptors (Lipinski definition) is 5. The fourth-order valence-corrected chi connectivity index (χ4v) is 4.36. The molecule has 0 spiro atoms. The molecule has 1 amide bonds. The highest BCUT2D eigenvalue weighted by atomic mass is 16.1. The molecule has 5 rings (SSSR count). The Morgan fingerprint density at radius 2 is 2.23 bits per heavy atom. The van der Waals surface area contributed by atoms with Crippen LogP contribution in [0.15, 0.2) is 60.2 Å². The van der Waals surface area contributed by atoms with Gasteiger partial charge in [0.15, 0.2) is 0 Å². The van der Waals surface area contributed by atoms with Crippen molar-refractivity contribution in [3.8, 4) is 0 Å². The lowest BCUT2D eigenvalue weighted by Crippen LogP contribution is -2.31. The lowest BCUT2D eigenvalue weighted by molar-refractivity contribution is 0.0996. The predicted molar refractivity (Wildman–Crippen MR) is 96.8 cm³/mol. The molecule has 2 aromatic rings. The van der Waals surface area contributed by atoms with Gasteiger partial charge in [0, 0.05) is 18.1 Å². The maximum atomic E-state index is 12.0. The van der Waals surface area contributed by atoms with E-state index < -0.39 is 5.91 Å². The fourth-order valence-electron chi connectivity index (χ4n) is 4.36. The third kappa shape index (κ3) is 2.08. The Bertz CT molecular complexity index is 980. The van der Waals surface area contributed by atoms with Crippen LogP contribution < -0.4 is 11.1 Å². The van der Waals surface area contributed by atoms with E-state index >= 15 is 0 Å². The maximum Gasteiger partial charge on any atom is 0.250 e. The van der Waals surface area contributed by atoms with Crippen LogP contribution in [0.25, 0.3) is 0 Å². The Labute approximate surface area is 151 Å². The zero-order chi connectivity index (χ0) is 17.8. The minimum Gasteiger partial charge on any atom is -0.366 e. The van der Waals surface area contributed by atoms with Gasteiger partial charge in [0.05, 0.1) is 29.4 Å². The van der Waals surface area contributed by atoms with Gasteiger partial charge in [0.2, 0.25) is 0 Å². The number of carbonyl (C=O) groups is 1. The van der Waals surface area contributed by atoms with Crippen LogP contribution in [-0.2, 0) is 0 Å². The molecule has 6 heteroatoms. The van der Waals surface area contributed by atoms with Crippen molar-refractivity contribution in [2.24, 2.45) is 5.73 Å². The van der Waals surface area contributed by atoms with E-state index in [0.29, 0.717) is 11.6 Å². The van der Waals surface area contributed by atoms with Crippen molar-refractivity contribution in [1.82, 2.24) is 20.2 Å². The second kappa shape index (κ2) is 5.42. The average molecular weight is 345 g/mol. The normalized spacial score (nSPS) is 25.6. The van der Waals surface area contributed by atoms with Crippen molar-refractivity contribution in [3.05, 3.63) is 82.7 Å². The molecule has 3 aliphatic rings. The summed E-state index contributed by atoms with van der Waals surface area (Å²) in [4.78, 5) is 23.2. The molecule has 6 nitrogen and oxygen atoms in total. The van der Waals surface area contributed by atoms with Gasteiger partial charge in [-0.15, -0.1) is 0 Å². The first-order valence-electron chi connectivity index (χ1n) is 8.77. The van der Waals surface area contributed by atoms with Crippen molar-refractivity contribution in [3.63, 3.8) is 0 Å². The van der Waals surface area contributed by atoms with Crippen LogP contribution in [0.1, 0.15) is 45.8 Å². The third-order valence-corrected chi connectivity index (χ3v) is 5.44. The number of nitrogens with zero attached hydrogens (tertiary/aromatic N) is 3. The Morgan fingerprint density at radius 1 is 1.35 bits per heavy atom. The molecule has 0 aromatic carbocycles. The number of nitrogens with one attached hydrogen (secondary N) is 1. The minimum atomic E-state index is -0.454. The van der Waals surface area contributed by atoms with Crippen LogP contribution in [0.2, 0.25) is 0 Å². The van der Waals surface area contributed by atoms with E-state index in [1.807, 2.05) is 31.2 Å². The van der Waals surface area contributed by atoms with Crippen LogP contribution in [0, 0.1) is 6.92 Å². The first-order chi connectivity index (χ1) is 12.6. The number of primary amides is 1. The lowest BCUT2D eigenvalue weighted by atomic mass is 9.93. The van der Waals surface area contributed by atoms with Crippen molar-refractivity contribution in [2.75, 3.05) is 0 Å². The monoisotopic (exact) mass is 345 g/mol. The molecule has 1 fully saturated rings. The summed E-state index contributed by atoms with van der Waals surface area (Å²) < 4.78 is 0. The number of aromatic nitrogens is 2. The standard InChI is InChI=1S/C20H19N5O/c1-11-3-2-4-16(23-11)17-18(14-7-8-22-10-15(14)19(21)26)25-13-6-5-12(9-13)20(25)24-17/h2-8,10,13,17-18,24H,9H2,1H3,(H2,21,26). The first kappa shape index (κ1) is 15.1. The van der Waals surface area contributed by atoms with Crippen molar-refractivity contribution < 1.29 is 4.79 Å². The van der Waals surface area contributed by atoms with E-state index in [-0.39, 0.29) is 12.1 Å². The van der Waals surface area contributed by atoms with Gasteiger partial charge in [-0.3, -0.25) is 14.8 Å². The number of nitrogens with two attached hydrogens (primary N) is 1. The molecule has 1 saturated heterocycles. The highest BCUT2D eigenvalue weighted by molar-refractivity contribution is 5.94. The molecule has 3 unspecified atom stereocenters. The van der Waals surface area contributed by atoms with Crippen LogP contribution in [0.4, 0.5) is 0 Å². The summed E-state index contributed by atoms with van der Waals surface area (Å²) in [5, 5.41) is 3.66. The molecule has 2 bridgehead atoms. The highest BCUT2D eigenvalue weighted by Crippen LogP contribution is 2.50.